The van der Waals surface area contributed by atoms with Crippen molar-refractivity contribution in [1.82, 2.24) is 0 Å². The van der Waals surface area contributed by atoms with Crippen molar-refractivity contribution < 1.29 is 13.7 Å². The SMILES string of the molecule is O=C=N[Si]O[Si]N=C=O. The van der Waals surface area contributed by atoms with Gasteiger partial charge in [-0.2, -0.15) is 0 Å². The Labute approximate surface area is 55.9 Å². The maximum absolute atomic E-state index is 9.37. The van der Waals surface area contributed by atoms with E-state index in [1.807, 2.05) is 0 Å². The number of nitrogens with zero attached hydrogens (tertiary/aromatic N) is 2. The maximum Gasteiger partial charge on any atom is 0.406 e. The van der Waals surface area contributed by atoms with Crippen molar-refractivity contribution in [1.29, 1.82) is 0 Å². The molecule has 0 aromatic heterocycles. The van der Waals surface area contributed by atoms with E-state index in [0.29, 0.717) is 0 Å². The van der Waals surface area contributed by atoms with Gasteiger partial charge in [-0.05, 0) is 0 Å². The summed E-state index contributed by atoms with van der Waals surface area (Å²) in [5, 5.41) is 0. The Balaban J connectivity index is 3.09. The molecule has 0 atom stereocenters. The van der Waals surface area contributed by atoms with Gasteiger partial charge in [-0.25, -0.2) is 18.9 Å². The molecule has 0 N–H and O–H groups in total. The highest BCUT2D eigenvalue weighted by atomic mass is 28.3. The second-order valence-corrected chi connectivity index (χ2v) is 2.32. The molecule has 0 bridgehead atoms. The highest BCUT2D eigenvalue weighted by molar-refractivity contribution is 6.41. The Kier molecular flexibility index (Phi) is 6.48. The van der Waals surface area contributed by atoms with Crippen LogP contribution in [0.3, 0.4) is 0 Å². The van der Waals surface area contributed by atoms with Crippen molar-refractivity contribution in [2.24, 2.45) is 9.32 Å². The molecule has 7 heteroatoms. The van der Waals surface area contributed by atoms with Gasteiger partial charge in [-0.3, -0.25) is 0 Å². The van der Waals surface area contributed by atoms with E-state index in [-0.39, 0.29) is 19.8 Å². The van der Waals surface area contributed by atoms with Crippen LogP contribution in [0.2, 0.25) is 0 Å². The van der Waals surface area contributed by atoms with E-state index >= 15 is 0 Å². The molecule has 0 heterocycles. The lowest BCUT2D eigenvalue weighted by Crippen LogP contribution is -1.98. The van der Waals surface area contributed by atoms with Crippen LogP contribution in [0.5, 0.6) is 0 Å². The number of hydrogen-bond acceptors (Lipinski definition) is 5. The summed E-state index contributed by atoms with van der Waals surface area (Å²) in [7, 11) is -0.634. The normalized spacial score (nSPS) is 7.11. The molecule has 0 aromatic rings. The molecule has 0 amide bonds. The van der Waals surface area contributed by atoms with Gasteiger partial charge in [0.25, 0.3) is 0 Å². The van der Waals surface area contributed by atoms with Gasteiger partial charge in [0.2, 0.25) is 12.2 Å². The minimum absolute atomic E-state index is 0.317. The van der Waals surface area contributed by atoms with E-state index in [1.54, 1.807) is 0 Å². The van der Waals surface area contributed by atoms with Crippen LogP contribution in [-0.4, -0.2) is 32.0 Å². The topological polar surface area (TPSA) is 68.1 Å². The van der Waals surface area contributed by atoms with Crippen molar-refractivity contribution >= 4 is 32.0 Å². The fourth-order valence-corrected chi connectivity index (χ4v) is 0.706. The molecule has 0 unspecified atom stereocenters. The van der Waals surface area contributed by atoms with Crippen LogP contribution in [0.25, 0.3) is 0 Å². The predicted octanol–water partition coefficient (Wildman–Crippen LogP) is -1.26. The Morgan fingerprint density at radius 1 is 1.11 bits per heavy atom. The minimum atomic E-state index is -0.317. The number of hydrogen-bond donors (Lipinski definition) is 0. The highest BCUT2D eigenvalue weighted by Crippen LogP contribution is 1.65. The third-order valence-corrected chi connectivity index (χ3v) is 1.37. The largest absolute Gasteiger partial charge is 0.419 e. The molecule has 0 aliphatic heterocycles. The summed E-state index contributed by atoms with van der Waals surface area (Å²) in [5.41, 5.74) is 0. The van der Waals surface area contributed by atoms with Crippen molar-refractivity contribution in [3.8, 4) is 0 Å². The lowest BCUT2D eigenvalue weighted by atomic mass is 11.7. The van der Waals surface area contributed by atoms with E-state index in [4.69, 9.17) is 0 Å². The zero-order valence-corrected chi connectivity index (χ0v) is 6.12. The Morgan fingerprint density at radius 2 is 1.56 bits per heavy atom. The quantitative estimate of drug-likeness (QED) is 0.221. The van der Waals surface area contributed by atoms with Crippen molar-refractivity contribution in [3.05, 3.63) is 0 Å². The molecule has 9 heavy (non-hydrogen) atoms. The molecule has 0 spiro atoms. The van der Waals surface area contributed by atoms with Crippen molar-refractivity contribution in [3.63, 3.8) is 0 Å². The summed E-state index contributed by atoms with van der Waals surface area (Å²) in [6.07, 6.45) is 2.54. The molecule has 0 aliphatic rings. The Morgan fingerprint density at radius 3 is 1.89 bits per heavy atom. The van der Waals surface area contributed by atoms with E-state index in [0.717, 1.165) is 0 Å². The summed E-state index contributed by atoms with van der Waals surface area (Å²) < 4.78 is 10.6. The molecule has 0 fully saturated rings. The van der Waals surface area contributed by atoms with Gasteiger partial charge in [0, 0.05) is 0 Å². The van der Waals surface area contributed by atoms with Crippen LogP contribution >= 0.6 is 0 Å². The first-order valence-corrected chi connectivity index (χ1v) is 3.42. The zero-order valence-electron chi connectivity index (χ0n) is 4.12. The standard InChI is InChI=1S/C2N2O3Si2/c5-1-3-8-7-9-4-2-6. The first-order valence-electron chi connectivity index (χ1n) is 1.71. The molecule has 0 aromatic carbocycles. The fourth-order valence-electron chi connectivity index (χ4n) is 0.103. The van der Waals surface area contributed by atoms with E-state index in [2.05, 4.69) is 13.4 Å². The zero-order chi connectivity index (χ0) is 6.95. The summed E-state index contributed by atoms with van der Waals surface area (Å²) in [6.45, 7) is 0. The lowest BCUT2D eigenvalue weighted by molar-refractivity contribution is 0.563. The number of carbonyl (C=O) groups excluding carboxylic acids is 2. The average Bonchev–Trinajstić information content (AvgIpc) is 1.89. The van der Waals surface area contributed by atoms with Gasteiger partial charge < -0.3 is 4.12 Å². The summed E-state index contributed by atoms with van der Waals surface area (Å²) in [5.74, 6) is 0. The number of isocyanates is 2. The monoisotopic (exact) mass is 156 g/mol. The Hall–Kier alpha value is -0.846. The molecule has 0 saturated heterocycles. The van der Waals surface area contributed by atoms with Gasteiger partial charge >= 0.3 is 19.8 Å². The van der Waals surface area contributed by atoms with Gasteiger partial charge in [-0.1, -0.05) is 0 Å². The first kappa shape index (κ1) is 8.15. The molecule has 44 valence electrons. The second-order valence-electron chi connectivity index (χ2n) is 0.691. The van der Waals surface area contributed by atoms with Crippen LogP contribution in [0, 0.1) is 0 Å². The fraction of sp³-hybridized carbons (Fsp3) is 0. The van der Waals surface area contributed by atoms with Gasteiger partial charge in [0.15, 0.2) is 0 Å². The van der Waals surface area contributed by atoms with Crippen LogP contribution in [0.15, 0.2) is 9.32 Å². The molecule has 0 aliphatic carbocycles. The molecular formula is C2N2O3Si2. The third-order valence-electron chi connectivity index (χ3n) is 0.274. The first-order chi connectivity index (χ1) is 4.41. The summed E-state index contributed by atoms with van der Waals surface area (Å²) in [4.78, 5) is 18.7. The van der Waals surface area contributed by atoms with Gasteiger partial charge in [0.1, 0.15) is 0 Å². The lowest BCUT2D eigenvalue weighted by Gasteiger charge is -1.80. The minimum Gasteiger partial charge on any atom is -0.419 e. The molecule has 0 saturated carbocycles. The third kappa shape index (κ3) is 7.15. The van der Waals surface area contributed by atoms with Crippen LogP contribution in [-0.2, 0) is 13.7 Å². The maximum atomic E-state index is 9.37. The van der Waals surface area contributed by atoms with Crippen LogP contribution in [0.1, 0.15) is 0 Å². The van der Waals surface area contributed by atoms with Gasteiger partial charge in [0.05, 0.1) is 0 Å². The molecule has 0 rings (SSSR count). The molecule has 4 radical (unpaired) electrons. The Bertz CT molecular complexity index is 141. The second kappa shape index (κ2) is 7.15. The van der Waals surface area contributed by atoms with Crippen molar-refractivity contribution in [2.45, 2.75) is 0 Å². The summed E-state index contributed by atoms with van der Waals surface area (Å²) >= 11 is 0. The average molecular weight is 156 g/mol. The molecule has 5 nitrogen and oxygen atoms in total. The van der Waals surface area contributed by atoms with Crippen molar-refractivity contribution in [2.75, 3.05) is 0 Å². The van der Waals surface area contributed by atoms with E-state index in [9.17, 15) is 9.59 Å². The predicted molar refractivity (Wildman–Crippen MR) is 28.8 cm³/mol. The van der Waals surface area contributed by atoms with Gasteiger partial charge in [-0.15, -0.1) is 0 Å². The van der Waals surface area contributed by atoms with E-state index < -0.39 is 0 Å². The molecular weight excluding hydrogens is 156 g/mol. The highest BCUT2D eigenvalue weighted by Gasteiger charge is 1.87. The smallest absolute Gasteiger partial charge is 0.406 e. The summed E-state index contributed by atoms with van der Waals surface area (Å²) in [6, 6.07) is 0. The van der Waals surface area contributed by atoms with E-state index in [1.165, 1.54) is 12.2 Å². The van der Waals surface area contributed by atoms with Crippen LogP contribution < -0.4 is 0 Å². The number of rotatable bonds is 4. The van der Waals surface area contributed by atoms with Crippen LogP contribution in [0.4, 0.5) is 0 Å².